The fraction of sp³-hybridized carbons (Fsp3) is 0.188. The standard InChI is InChI=1S/C16H17ClN2O3/c1-22-15-8-7-12(17)9-13(15)18-16(21)19-14(10-20)11-5-3-2-4-6-11/h2-9,14,20H,10H2,1H3,(H2,18,19,21)/t14-/m1/s1. The highest BCUT2D eigenvalue weighted by atomic mass is 35.5. The molecule has 2 aromatic carbocycles. The number of hydrogen-bond acceptors (Lipinski definition) is 3. The van der Waals surface area contributed by atoms with E-state index in [1.54, 1.807) is 18.2 Å². The Morgan fingerprint density at radius 3 is 2.64 bits per heavy atom. The highest BCUT2D eigenvalue weighted by Crippen LogP contribution is 2.27. The van der Waals surface area contributed by atoms with Crippen molar-refractivity contribution in [3.8, 4) is 5.75 Å². The lowest BCUT2D eigenvalue weighted by molar-refractivity contribution is 0.225. The molecule has 0 bridgehead atoms. The Hall–Kier alpha value is -2.24. The normalized spacial score (nSPS) is 11.6. The number of anilines is 1. The number of amides is 2. The molecule has 2 amide bonds. The Balaban J connectivity index is 2.08. The second kappa shape index (κ2) is 7.68. The summed E-state index contributed by atoms with van der Waals surface area (Å²) in [5.74, 6) is 0.500. The average Bonchev–Trinajstić information content (AvgIpc) is 2.53. The molecule has 5 nitrogen and oxygen atoms in total. The molecule has 3 N–H and O–H groups in total. The van der Waals surface area contributed by atoms with E-state index >= 15 is 0 Å². The van der Waals surface area contributed by atoms with Gasteiger partial charge in [0, 0.05) is 5.02 Å². The number of rotatable bonds is 5. The monoisotopic (exact) mass is 320 g/mol. The zero-order chi connectivity index (χ0) is 15.9. The predicted octanol–water partition coefficient (Wildman–Crippen LogP) is 3.20. The van der Waals surface area contributed by atoms with E-state index in [1.807, 2.05) is 30.3 Å². The minimum absolute atomic E-state index is 0.204. The number of aliphatic hydroxyl groups is 1. The van der Waals surface area contributed by atoms with Gasteiger partial charge >= 0.3 is 6.03 Å². The summed E-state index contributed by atoms with van der Waals surface area (Å²) in [6.07, 6.45) is 0. The van der Waals surface area contributed by atoms with Gasteiger partial charge in [-0.2, -0.15) is 0 Å². The SMILES string of the molecule is COc1ccc(Cl)cc1NC(=O)N[C@H](CO)c1ccccc1. The summed E-state index contributed by atoms with van der Waals surface area (Å²) < 4.78 is 5.17. The molecule has 0 radical (unpaired) electrons. The van der Waals surface area contributed by atoms with Crippen LogP contribution in [0.3, 0.4) is 0 Å². The van der Waals surface area contributed by atoms with Gasteiger partial charge in [0.05, 0.1) is 25.4 Å². The van der Waals surface area contributed by atoms with E-state index in [-0.39, 0.29) is 6.61 Å². The quantitative estimate of drug-likeness (QED) is 0.792. The van der Waals surface area contributed by atoms with Gasteiger partial charge in [-0.05, 0) is 23.8 Å². The number of carbonyl (C=O) groups excluding carboxylic acids is 1. The number of nitrogens with one attached hydrogen (secondary N) is 2. The number of methoxy groups -OCH3 is 1. The maximum absolute atomic E-state index is 12.1. The Morgan fingerprint density at radius 1 is 1.27 bits per heavy atom. The molecule has 2 aromatic rings. The van der Waals surface area contributed by atoms with Crippen molar-refractivity contribution in [3.63, 3.8) is 0 Å². The maximum atomic E-state index is 12.1. The van der Waals surface area contributed by atoms with Gasteiger partial charge in [0.25, 0.3) is 0 Å². The molecule has 0 spiro atoms. The Labute approximate surface area is 133 Å². The summed E-state index contributed by atoms with van der Waals surface area (Å²) in [7, 11) is 1.51. The van der Waals surface area contributed by atoms with Gasteiger partial charge in [0.15, 0.2) is 0 Å². The number of aliphatic hydroxyl groups excluding tert-OH is 1. The third-order valence-corrected chi connectivity index (χ3v) is 3.33. The Kier molecular flexibility index (Phi) is 5.63. The summed E-state index contributed by atoms with van der Waals surface area (Å²) in [5.41, 5.74) is 1.27. The molecule has 1 atom stereocenters. The zero-order valence-electron chi connectivity index (χ0n) is 12.0. The molecule has 0 fully saturated rings. The molecule has 0 aliphatic rings. The highest BCUT2D eigenvalue weighted by Gasteiger charge is 2.14. The van der Waals surface area contributed by atoms with Gasteiger partial charge in [-0.3, -0.25) is 0 Å². The molecule has 0 heterocycles. The second-order valence-electron chi connectivity index (χ2n) is 4.59. The summed E-state index contributed by atoms with van der Waals surface area (Å²) in [4.78, 5) is 12.1. The largest absolute Gasteiger partial charge is 0.495 e. The Bertz CT molecular complexity index is 635. The van der Waals surface area contributed by atoms with E-state index in [4.69, 9.17) is 16.3 Å². The molecular formula is C16H17ClN2O3. The maximum Gasteiger partial charge on any atom is 0.319 e. The van der Waals surface area contributed by atoms with Crippen molar-refractivity contribution >= 4 is 23.3 Å². The first-order chi connectivity index (χ1) is 10.6. The predicted molar refractivity (Wildman–Crippen MR) is 86.4 cm³/mol. The van der Waals surface area contributed by atoms with Crippen LogP contribution in [0.25, 0.3) is 0 Å². The van der Waals surface area contributed by atoms with E-state index in [9.17, 15) is 9.90 Å². The third-order valence-electron chi connectivity index (χ3n) is 3.10. The first-order valence-electron chi connectivity index (χ1n) is 6.71. The van der Waals surface area contributed by atoms with Gasteiger partial charge in [0.2, 0.25) is 0 Å². The van der Waals surface area contributed by atoms with Crippen LogP contribution in [-0.2, 0) is 0 Å². The minimum atomic E-state index is -0.494. The lowest BCUT2D eigenvalue weighted by atomic mass is 10.1. The summed E-state index contributed by atoms with van der Waals surface area (Å²) >= 11 is 5.92. The molecule has 2 rings (SSSR count). The van der Waals surface area contributed by atoms with Crippen molar-refractivity contribution < 1.29 is 14.6 Å². The van der Waals surface area contributed by atoms with Gasteiger partial charge in [0.1, 0.15) is 5.75 Å². The number of ether oxygens (including phenoxy) is 1. The van der Waals surface area contributed by atoms with Gasteiger partial charge in [-0.15, -0.1) is 0 Å². The van der Waals surface area contributed by atoms with Crippen LogP contribution in [0.5, 0.6) is 5.75 Å². The van der Waals surface area contributed by atoms with Crippen LogP contribution in [0.4, 0.5) is 10.5 Å². The third kappa shape index (κ3) is 4.13. The molecule has 0 unspecified atom stereocenters. The molecule has 22 heavy (non-hydrogen) atoms. The van der Waals surface area contributed by atoms with Crippen molar-refractivity contribution in [1.82, 2.24) is 5.32 Å². The van der Waals surface area contributed by atoms with Gasteiger partial charge in [-0.25, -0.2) is 4.79 Å². The lowest BCUT2D eigenvalue weighted by Gasteiger charge is -2.18. The van der Waals surface area contributed by atoms with Gasteiger partial charge < -0.3 is 20.5 Å². The van der Waals surface area contributed by atoms with Crippen molar-refractivity contribution in [1.29, 1.82) is 0 Å². The van der Waals surface area contributed by atoms with E-state index in [0.717, 1.165) is 5.56 Å². The molecule has 0 aliphatic carbocycles. The van der Waals surface area contributed by atoms with Crippen LogP contribution in [0.2, 0.25) is 5.02 Å². The number of halogens is 1. The minimum Gasteiger partial charge on any atom is -0.495 e. The van der Waals surface area contributed by atoms with Crippen LogP contribution in [0, 0.1) is 0 Å². The summed E-state index contributed by atoms with van der Waals surface area (Å²) in [6.45, 7) is -0.204. The fourth-order valence-corrected chi connectivity index (χ4v) is 2.19. The first kappa shape index (κ1) is 16.1. The van der Waals surface area contributed by atoms with E-state index in [0.29, 0.717) is 16.5 Å². The van der Waals surface area contributed by atoms with Crippen LogP contribution in [0.1, 0.15) is 11.6 Å². The van der Waals surface area contributed by atoms with Gasteiger partial charge in [-0.1, -0.05) is 41.9 Å². The molecule has 0 aliphatic heterocycles. The highest BCUT2D eigenvalue weighted by molar-refractivity contribution is 6.31. The average molecular weight is 321 g/mol. The van der Waals surface area contributed by atoms with E-state index < -0.39 is 12.1 Å². The smallest absolute Gasteiger partial charge is 0.319 e. The van der Waals surface area contributed by atoms with Crippen LogP contribution in [0.15, 0.2) is 48.5 Å². The van der Waals surface area contributed by atoms with Crippen molar-refractivity contribution in [2.45, 2.75) is 6.04 Å². The van der Waals surface area contributed by atoms with Crippen LogP contribution in [-0.4, -0.2) is 24.9 Å². The number of carbonyl (C=O) groups is 1. The second-order valence-corrected chi connectivity index (χ2v) is 5.03. The fourth-order valence-electron chi connectivity index (χ4n) is 2.01. The molecule has 116 valence electrons. The summed E-state index contributed by atoms with van der Waals surface area (Å²) in [5, 5.41) is 15.3. The molecule has 0 saturated heterocycles. The first-order valence-corrected chi connectivity index (χ1v) is 7.08. The molecule has 0 saturated carbocycles. The topological polar surface area (TPSA) is 70.6 Å². The zero-order valence-corrected chi connectivity index (χ0v) is 12.8. The molecule has 0 aromatic heterocycles. The number of urea groups is 1. The number of benzene rings is 2. The number of hydrogen-bond donors (Lipinski definition) is 3. The van der Waals surface area contributed by atoms with Crippen molar-refractivity contribution in [3.05, 3.63) is 59.1 Å². The Morgan fingerprint density at radius 2 is 2.00 bits per heavy atom. The summed E-state index contributed by atoms with van der Waals surface area (Å²) in [6, 6.07) is 13.2. The van der Waals surface area contributed by atoms with Crippen molar-refractivity contribution in [2.75, 3.05) is 19.0 Å². The van der Waals surface area contributed by atoms with E-state index in [2.05, 4.69) is 10.6 Å². The lowest BCUT2D eigenvalue weighted by Crippen LogP contribution is -2.34. The molecular weight excluding hydrogens is 304 g/mol. The van der Waals surface area contributed by atoms with E-state index in [1.165, 1.54) is 7.11 Å². The van der Waals surface area contributed by atoms with Crippen LogP contribution < -0.4 is 15.4 Å². The van der Waals surface area contributed by atoms with Crippen LogP contribution >= 0.6 is 11.6 Å². The van der Waals surface area contributed by atoms with Crippen molar-refractivity contribution in [2.24, 2.45) is 0 Å². The molecule has 6 heteroatoms.